The predicted octanol–water partition coefficient (Wildman–Crippen LogP) is 6.43. The van der Waals surface area contributed by atoms with Crippen LogP contribution in [0, 0.1) is 23.1 Å². The molecule has 3 N–H and O–H groups in total. The summed E-state index contributed by atoms with van der Waals surface area (Å²) in [5.74, 6) is -1.05. The Kier molecular flexibility index (Phi) is 11.6. The average Bonchev–Trinajstić information content (AvgIpc) is 3.81. The van der Waals surface area contributed by atoms with Crippen molar-refractivity contribution in [1.82, 2.24) is 9.62 Å². The van der Waals surface area contributed by atoms with Crippen LogP contribution in [0.25, 0.3) is 0 Å². The number of hydrogen-bond donors (Lipinski definition) is 3. The third kappa shape index (κ3) is 9.72. The quantitative estimate of drug-likeness (QED) is 0.180. The summed E-state index contributed by atoms with van der Waals surface area (Å²) in [4.78, 5) is 28.5. The molecule has 11 nitrogen and oxygen atoms in total. The van der Waals surface area contributed by atoms with Crippen molar-refractivity contribution in [3.63, 3.8) is 0 Å². The summed E-state index contributed by atoms with van der Waals surface area (Å²) in [6.07, 6.45) is 3.05. The van der Waals surface area contributed by atoms with Gasteiger partial charge in [-0.2, -0.15) is 13.7 Å². The fraction of sp³-hybridized carbons (Fsp3) is 0.417. The lowest BCUT2D eigenvalue weighted by molar-refractivity contribution is -0.119. The first-order valence-corrected chi connectivity index (χ1v) is 19.8. The minimum Gasteiger partial charge on any atom is -0.322 e. The molecule has 272 valence electrons. The molecule has 3 aromatic rings. The third-order valence-corrected chi connectivity index (χ3v) is 11.4. The van der Waals surface area contributed by atoms with Gasteiger partial charge in [-0.1, -0.05) is 42.6 Å². The van der Waals surface area contributed by atoms with E-state index in [4.69, 9.17) is 15.8 Å². The fourth-order valence-corrected chi connectivity index (χ4v) is 7.76. The number of hydrogen-bond acceptors (Lipinski definition) is 7. The van der Waals surface area contributed by atoms with Crippen LogP contribution in [0.2, 0.25) is 5.02 Å². The van der Waals surface area contributed by atoms with Gasteiger partial charge in [0.2, 0.25) is 5.91 Å². The summed E-state index contributed by atoms with van der Waals surface area (Å²) in [6.45, 7) is 5.28. The predicted molar refractivity (Wildman–Crippen MR) is 195 cm³/mol. The molecule has 2 unspecified atom stereocenters. The van der Waals surface area contributed by atoms with Crippen LogP contribution in [0.1, 0.15) is 69.6 Å². The van der Waals surface area contributed by atoms with Gasteiger partial charge in [-0.15, -0.1) is 0 Å². The van der Waals surface area contributed by atoms with Crippen LogP contribution < -0.4 is 15.4 Å². The van der Waals surface area contributed by atoms with E-state index in [1.54, 1.807) is 48.5 Å². The number of nitrogens with zero attached hydrogens (tertiary/aromatic N) is 2. The minimum absolute atomic E-state index is 0.174. The minimum atomic E-state index is -3.93. The molecule has 1 aliphatic carbocycles. The lowest BCUT2D eigenvalue weighted by Gasteiger charge is -2.38. The lowest BCUT2D eigenvalue weighted by Crippen LogP contribution is -2.49. The zero-order valence-corrected chi connectivity index (χ0v) is 31.1. The van der Waals surface area contributed by atoms with Crippen LogP contribution in [-0.2, 0) is 35.6 Å². The smallest absolute Gasteiger partial charge is 0.322 e. The molecule has 51 heavy (non-hydrogen) atoms. The largest absolute Gasteiger partial charge is 0.322 e. The maximum absolute atomic E-state index is 15.6. The third-order valence-electron chi connectivity index (χ3n) is 8.88. The van der Waals surface area contributed by atoms with E-state index in [1.165, 1.54) is 12.1 Å². The standard InChI is InChI=1S/C36H41ClFN5O6S2/c1-35(2,3)50(46)42-36(17-16-23-8-9-23,25-7-5-6-24(18-25)21-39)26-10-15-30(38)31(19-26)41-33(44)32-20-29(49-51(4,47)48)22-43(32)34(45)40-28-13-11-27(37)12-14-28/h5-7,10-15,18-19,23,29,32,42H,8-9,16-17,20,22H2,1-4H3,(H,40,45)(H,41,44)/t29-,32?,36?,50-/m1/s1. The summed E-state index contributed by atoms with van der Waals surface area (Å²) in [5.41, 5.74) is 0.607. The van der Waals surface area contributed by atoms with E-state index in [2.05, 4.69) is 21.4 Å². The monoisotopic (exact) mass is 757 g/mol. The second-order valence-corrected chi connectivity index (χ2v) is 18.0. The number of nitriles is 1. The SMILES string of the molecule is CC(C)(C)[S@@](=O)NC(CCC1CC1)(c1cccc(C#N)c1)c1ccc(F)c(NC(=O)C2C[C@@H](OS(C)(=O)=O)CN2C(=O)Nc2ccc(Cl)cc2)c1. The molecule has 0 radical (unpaired) electrons. The highest BCUT2D eigenvalue weighted by Crippen LogP contribution is 2.43. The van der Waals surface area contributed by atoms with Crippen molar-refractivity contribution in [2.75, 3.05) is 23.4 Å². The first-order chi connectivity index (χ1) is 24.0. The Labute approximate surface area is 305 Å². The molecule has 1 saturated heterocycles. The lowest BCUT2D eigenvalue weighted by atomic mass is 9.79. The molecule has 1 saturated carbocycles. The van der Waals surface area contributed by atoms with E-state index in [-0.39, 0.29) is 18.7 Å². The molecule has 0 spiro atoms. The highest BCUT2D eigenvalue weighted by Gasteiger charge is 2.43. The number of urea groups is 1. The van der Waals surface area contributed by atoms with Crippen LogP contribution in [-0.4, -0.2) is 59.2 Å². The van der Waals surface area contributed by atoms with Gasteiger partial charge in [0.1, 0.15) is 11.9 Å². The van der Waals surface area contributed by atoms with Gasteiger partial charge < -0.3 is 15.5 Å². The second kappa shape index (κ2) is 15.4. The molecule has 0 bridgehead atoms. The molecule has 1 heterocycles. The van der Waals surface area contributed by atoms with Crippen LogP contribution in [0.3, 0.4) is 0 Å². The van der Waals surface area contributed by atoms with Crippen molar-refractivity contribution < 1.29 is 30.8 Å². The Morgan fingerprint density at radius 3 is 2.37 bits per heavy atom. The van der Waals surface area contributed by atoms with Crippen molar-refractivity contribution in [3.05, 3.63) is 94.3 Å². The van der Waals surface area contributed by atoms with Crippen LogP contribution in [0.15, 0.2) is 66.7 Å². The molecular formula is C36H41ClFN5O6S2. The zero-order chi connectivity index (χ0) is 37.1. The molecule has 3 aromatic carbocycles. The van der Waals surface area contributed by atoms with Gasteiger partial charge in [-0.05, 0) is 99.2 Å². The summed E-state index contributed by atoms with van der Waals surface area (Å²) < 4.78 is 61.2. The van der Waals surface area contributed by atoms with Gasteiger partial charge in [-0.3, -0.25) is 8.98 Å². The van der Waals surface area contributed by atoms with Gasteiger partial charge in [0.05, 0.1) is 57.5 Å². The maximum atomic E-state index is 15.6. The van der Waals surface area contributed by atoms with Crippen molar-refractivity contribution in [2.45, 2.75) is 75.3 Å². The Morgan fingerprint density at radius 2 is 1.75 bits per heavy atom. The number of rotatable bonds is 12. The van der Waals surface area contributed by atoms with Crippen LogP contribution >= 0.6 is 11.6 Å². The molecule has 2 fully saturated rings. The number of carbonyl (C=O) groups excluding carboxylic acids is 2. The van der Waals surface area contributed by atoms with E-state index in [9.17, 15) is 27.5 Å². The highest BCUT2D eigenvalue weighted by atomic mass is 35.5. The Bertz CT molecular complexity index is 1960. The molecule has 1 aliphatic heterocycles. The first-order valence-electron chi connectivity index (χ1n) is 16.5. The molecule has 0 aromatic heterocycles. The van der Waals surface area contributed by atoms with Gasteiger partial charge in [-0.25, -0.2) is 18.1 Å². The number of amides is 3. The van der Waals surface area contributed by atoms with E-state index in [0.717, 1.165) is 30.4 Å². The number of benzene rings is 3. The Hall–Kier alpha value is -3.87. The zero-order valence-electron chi connectivity index (χ0n) is 28.7. The molecule has 3 amide bonds. The molecule has 15 heteroatoms. The van der Waals surface area contributed by atoms with E-state index in [0.29, 0.717) is 39.7 Å². The summed E-state index contributed by atoms with van der Waals surface area (Å²) in [7, 11) is -5.54. The molecule has 2 aliphatic rings. The van der Waals surface area contributed by atoms with Gasteiger partial charge in [0.25, 0.3) is 10.1 Å². The summed E-state index contributed by atoms with van der Waals surface area (Å²) in [5, 5.41) is 15.5. The second-order valence-electron chi connectivity index (χ2n) is 14.0. The normalized spacial score (nSPS) is 19.5. The van der Waals surface area contributed by atoms with Crippen molar-refractivity contribution >= 4 is 56.0 Å². The molecular weight excluding hydrogens is 717 g/mol. The van der Waals surface area contributed by atoms with Crippen LogP contribution in [0.5, 0.6) is 0 Å². The average molecular weight is 758 g/mol. The van der Waals surface area contributed by atoms with Gasteiger partial charge >= 0.3 is 6.03 Å². The topological polar surface area (TPSA) is 158 Å². The number of halogens is 2. The summed E-state index contributed by atoms with van der Waals surface area (Å²) in [6, 6.07) is 17.7. The maximum Gasteiger partial charge on any atom is 0.322 e. The van der Waals surface area contributed by atoms with Gasteiger partial charge in [0, 0.05) is 17.1 Å². The Morgan fingerprint density at radius 1 is 1.06 bits per heavy atom. The number of likely N-dealkylation sites (tertiary alicyclic amines) is 1. The van der Waals surface area contributed by atoms with E-state index in [1.807, 2.05) is 26.8 Å². The number of nitrogens with one attached hydrogen (secondary N) is 3. The van der Waals surface area contributed by atoms with E-state index >= 15 is 4.39 Å². The molecule has 5 rings (SSSR count). The van der Waals surface area contributed by atoms with Crippen LogP contribution in [0.4, 0.5) is 20.6 Å². The van der Waals surface area contributed by atoms with Crippen molar-refractivity contribution in [1.29, 1.82) is 5.26 Å². The van der Waals surface area contributed by atoms with Gasteiger partial charge in [0.15, 0.2) is 0 Å². The molecule has 4 atom stereocenters. The van der Waals surface area contributed by atoms with Crippen molar-refractivity contribution in [2.24, 2.45) is 5.92 Å². The van der Waals surface area contributed by atoms with Crippen molar-refractivity contribution in [3.8, 4) is 6.07 Å². The first kappa shape index (κ1) is 38.4. The summed E-state index contributed by atoms with van der Waals surface area (Å²) >= 11 is 5.96. The fourth-order valence-electron chi connectivity index (χ4n) is 6.04. The highest BCUT2D eigenvalue weighted by molar-refractivity contribution is 7.86. The Balaban J connectivity index is 1.51. The number of anilines is 2. The number of carbonyl (C=O) groups is 2. The van der Waals surface area contributed by atoms with E-state index < -0.39 is 61.3 Å².